The highest BCUT2D eigenvalue weighted by atomic mass is 19.1. The van der Waals surface area contributed by atoms with Gasteiger partial charge >= 0.3 is 0 Å². The van der Waals surface area contributed by atoms with Crippen LogP contribution in [0.4, 0.5) is 4.39 Å². The summed E-state index contributed by atoms with van der Waals surface area (Å²) in [7, 11) is 0. The van der Waals surface area contributed by atoms with Gasteiger partial charge in [-0.2, -0.15) is 0 Å². The molecule has 2 aliphatic heterocycles. The molecular weight excluding hydrogens is 133 g/mol. The lowest BCUT2D eigenvalue weighted by Crippen LogP contribution is -2.66. The van der Waals surface area contributed by atoms with Crippen LogP contribution in [-0.2, 0) is 4.74 Å². The third-order valence-electron chi connectivity index (χ3n) is 2.60. The Hall–Kier alpha value is -0.150. The van der Waals surface area contributed by atoms with Crippen molar-refractivity contribution in [1.82, 2.24) is 5.32 Å². The summed E-state index contributed by atoms with van der Waals surface area (Å²) in [5.41, 5.74) is -0.182. The summed E-state index contributed by atoms with van der Waals surface area (Å²) in [5.74, 6) is 0. The van der Waals surface area contributed by atoms with E-state index in [1.54, 1.807) is 0 Å². The summed E-state index contributed by atoms with van der Waals surface area (Å²) in [4.78, 5) is 0. The van der Waals surface area contributed by atoms with Crippen LogP contribution in [0.5, 0.6) is 0 Å². The topological polar surface area (TPSA) is 21.3 Å². The Balaban J connectivity index is 2.03. The molecule has 2 unspecified atom stereocenters. The number of alkyl halides is 1. The molecule has 1 spiro atoms. The van der Waals surface area contributed by atoms with E-state index in [0.29, 0.717) is 6.61 Å². The summed E-state index contributed by atoms with van der Waals surface area (Å²) < 4.78 is 18.1. The molecule has 10 heavy (non-hydrogen) atoms. The first-order valence-electron chi connectivity index (χ1n) is 3.80. The smallest absolute Gasteiger partial charge is 0.141 e. The Kier molecular flexibility index (Phi) is 1.42. The zero-order valence-electron chi connectivity index (χ0n) is 5.90. The fourth-order valence-electron chi connectivity index (χ4n) is 1.68. The van der Waals surface area contributed by atoms with E-state index in [1.807, 2.05) is 0 Å². The van der Waals surface area contributed by atoms with E-state index in [0.717, 1.165) is 19.4 Å². The highest BCUT2D eigenvalue weighted by Crippen LogP contribution is 2.32. The van der Waals surface area contributed by atoms with Crippen LogP contribution in [-0.4, -0.2) is 31.5 Å². The number of hydrogen-bond donors (Lipinski definition) is 1. The predicted molar refractivity (Wildman–Crippen MR) is 35.7 cm³/mol. The number of hydrogen-bond acceptors (Lipinski definition) is 2. The summed E-state index contributed by atoms with van der Waals surface area (Å²) in [5, 5.41) is 3.16. The molecule has 1 N–H and O–H groups in total. The Morgan fingerprint density at radius 3 is 2.70 bits per heavy atom. The Morgan fingerprint density at radius 2 is 2.30 bits per heavy atom. The predicted octanol–water partition coefficient (Wildman–Crippen LogP) is 0.477. The van der Waals surface area contributed by atoms with Crippen LogP contribution in [0.2, 0.25) is 0 Å². The molecule has 0 aromatic rings. The molecule has 2 heterocycles. The maximum atomic E-state index is 13.1. The van der Waals surface area contributed by atoms with Crippen LogP contribution in [0.3, 0.4) is 0 Å². The first-order valence-corrected chi connectivity index (χ1v) is 3.80. The van der Waals surface area contributed by atoms with E-state index < -0.39 is 6.17 Å². The lowest BCUT2D eigenvalue weighted by molar-refractivity contribution is -0.0575. The van der Waals surface area contributed by atoms with E-state index in [4.69, 9.17) is 4.74 Å². The highest BCUT2D eigenvalue weighted by Gasteiger charge is 2.46. The van der Waals surface area contributed by atoms with E-state index >= 15 is 0 Å². The van der Waals surface area contributed by atoms with Gasteiger partial charge in [0, 0.05) is 6.61 Å². The molecular formula is C7H12FNO. The SMILES string of the molecule is FC1COCCC12CCN2. The number of rotatable bonds is 0. The molecule has 2 rings (SSSR count). The van der Waals surface area contributed by atoms with Crippen molar-refractivity contribution in [2.45, 2.75) is 24.6 Å². The van der Waals surface area contributed by atoms with Crippen LogP contribution in [0.25, 0.3) is 0 Å². The van der Waals surface area contributed by atoms with Gasteiger partial charge in [-0.05, 0) is 19.4 Å². The minimum absolute atomic E-state index is 0.182. The molecule has 58 valence electrons. The van der Waals surface area contributed by atoms with Crippen LogP contribution in [0, 0.1) is 0 Å². The van der Waals surface area contributed by atoms with Crippen LogP contribution in [0.15, 0.2) is 0 Å². The number of nitrogens with one attached hydrogen (secondary N) is 1. The molecule has 3 heteroatoms. The van der Waals surface area contributed by atoms with Gasteiger partial charge in [0.05, 0.1) is 12.1 Å². The van der Waals surface area contributed by atoms with Crippen molar-refractivity contribution < 1.29 is 9.13 Å². The highest BCUT2D eigenvalue weighted by molar-refractivity contribution is 5.03. The summed E-state index contributed by atoms with van der Waals surface area (Å²) in [6.07, 6.45) is 1.04. The third kappa shape index (κ3) is 0.772. The number of halogens is 1. The lowest BCUT2D eigenvalue weighted by atomic mass is 9.79. The minimum atomic E-state index is -0.782. The van der Waals surface area contributed by atoms with Gasteiger partial charge in [-0.15, -0.1) is 0 Å². The zero-order valence-corrected chi connectivity index (χ0v) is 5.90. The van der Waals surface area contributed by atoms with E-state index in [1.165, 1.54) is 0 Å². The van der Waals surface area contributed by atoms with Gasteiger partial charge in [-0.3, -0.25) is 0 Å². The molecule has 0 bridgehead atoms. The summed E-state index contributed by atoms with van der Waals surface area (Å²) in [6.45, 7) is 1.97. The Morgan fingerprint density at radius 1 is 1.50 bits per heavy atom. The first kappa shape index (κ1) is 6.55. The molecule has 2 saturated heterocycles. The van der Waals surface area contributed by atoms with Crippen molar-refractivity contribution in [3.8, 4) is 0 Å². The van der Waals surface area contributed by atoms with Gasteiger partial charge < -0.3 is 10.1 Å². The standard InChI is InChI=1S/C7H12FNO/c8-6-5-10-4-2-7(6)1-3-9-7/h6,9H,1-5H2. The fourth-order valence-corrected chi connectivity index (χ4v) is 1.68. The van der Waals surface area contributed by atoms with Gasteiger partial charge in [0.1, 0.15) is 6.17 Å². The molecule has 0 aromatic heterocycles. The van der Waals surface area contributed by atoms with Crippen molar-refractivity contribution in [3.05, 3.63) is 0 Å². The van der Waals surface area contributed by atoms with E-state index in [9.17, 15) is 4.39 Å². The van der Waals surface area contributed by atoms with Crippen molar-refractivity contribution in [2.75, 3.05) is 19.8 Å². The third-order valence-corrected chi connectivity index (χ3v) is 2.60. The van der Waals surface area contributed by atoms with Crippen LogP contribution in [0.1, 0.15) is 12.8 Å². The second-order valence-electron chi connectivity index (χ2n) is 3.13. The minimum Gasteiger partial charge on any atom is -0.378 e. The molecule has 2 aliphatic rings. The van der Waals surface area contributed by atoms with Gasteiger partial charge in [0.15, 0.2) is 0 Å². The molecule has 2 fully saturated rings. The molecule has 0 radical (unpaired) electrons. The van der Waals surface area contributed by atoms with Gasteiger partial charge in [-0.1, -0.05) is 0 Å². The van der Waals surface area contributed by atoms with Crippen molar-refractivity contribution in [1.29, 1.82) is 0 Å². The number of ether oxygens (including phenoxy) is 1. The zero-order chi connectivity index (χ0) is 7.03. The normalized spacial score (nSPS) is 47.1. The summed E-state index contributed by atoms with van der Waals surface area (Å²) in [6, 6.07) is 0. The van der Waals surface area contributed by atoms with Crippen LogP contribution < -0.4 is 5.32 Å². The van der Waals surface area contributed by atoms with Crippen molar-refractivity contribution in [3.63, 3.8) is 0 Å². The quantitative estimate of drug-likeness (QED) is 0.535. The van der Waals surface area contributed by atoms with Gasteiger partial charge in [-0.25, -0.2) is 4.39 Å². The van der Waals surface area contributed by atoms with Gasteiger partial charge in [0.2, 0.25) is 0 Å². The average molecular weight is 145 g/mol. The van der Waals surface area contributed by atoms with Gasteiger partial charge in [0.25, 0.3) is 0 Å². The molecule has 2 atom stereocenters. The average Bonchev–Trinajstić information content (AvgIpc) is 1.85. The van der Waals surface area contributed by atoms with Crippen molar-refractivity contribution in [2.24, 2.45) is 0 Å². The Bertz CT molecular complexity index is 136. The van der Waals surface area contributed by atoms with Crippen LogP contribution >= 0.6 is 0 Å². The Labute approximate surface area is 59.7 Å². The largest absolute Gasteiger partial charge is 0.378 e. The van der Waals surface area contributed by atoms with E-state index in [-0.39, 0.29) is 12.1 Å². The summed E-state index contributed by atoms with van der Waals surface area (Å²) >= 11 is 0. The first-order chi connectivity index (χ1) is 4.83. The van der Waals surface area contributed by atoms with Crippen molar-refractivity contribution >= 4 is 0 Å². The van der Waals surface area contributed by atoms with E-state index in [2.05, 4.69) is 5.32 Å². The molecule has 0 aromatic carbocycles. The fraction of sp³-hybridized carbons (Fsp3) is 1.00. The molecule has 2 nitrogen and oxygen atoms in total. The lowest BCUT2D eigenvalue weighted by Gasteiger charge is -2.47. The maximum Gasteiger partial charge on any atom is 0.141 e. The molecule has 0 amide bonds. The molecule has 0 saturated carbocycles. The monoisotopic (exact) mass is 145 g/mol. The molecule has 0 aliphatic carbocycles. The second-order valence-corrected chi connectivity index (χ2v) is 3.13. The second kappa shape index (κ2) is 2.17. The maximum absolute atomic E-state index is 13.1.